The van der Waals surface area contributed by atoms with E-state index in [0.29, 0.717) is 0 Å². The Bertz CT molecular complexity index is 3800. The van der Waals surface area contributed by atoms with Gasteiger partial charge < -0.3 is 14.1 Å². The lowest BCUT2D eigenvalue weighted by Gasteiger charge is -2.55. The maximum Gasteiger partial charge on any atom is 0.329 e. The average molecular weight is 947 g/mol. The van der Waals surface area contributed by atoms with Crippen molar-refractivity contribution in [2.75, 3.05) is 9.71 Å². The van der Waals surface area contributed by atoms with E-state index in [9.17, 15) is 0 Å². The molecule has 1 saturated carbocycles. The van der Waals surface area contributed by atoms with Crippen molar-refractivity contribution in [2.45, 2.75) is 154 Å². The smallest absolute Gasteiger partial charge is 0.329 e. The number of thiophene rings is 1. The van der Waals surface area contributed by atoms with Gasteiger partial charge in [0.15, 0.2) is 0 Å². The first-order valence-corrected chi connectivity index (χ1v) is 27.5. The molecule has 0 radical (unpaired) electrons. The van der Waals surface area contributed by atoms with Crippen LogP contribution in [0.1, 0.15) is 149 Å². The fourth-order valence-corrected chi connectivity index (χ4v) is 15.9. The molecule has 3 aliphatic heterocycles. The number of hydrogen-bond donors (Lipinski definition) is 0. The SMILES string of the molecule is CC(C)(C)c1ccc(N2c3cc4c(cc3B3c5c(cc6c(sc7ccccc76)c52)-c2cc(C(C)(C)C)cc5c2N3C2(C)CCCCC52C)oc2cc3c(cc24)C(C)(C)CCC3(C)C)c(-c2ccccc2)c1. The first kappa shape index (κ1) is 44.0. The van der Waals surface area contributed by atoms with Crippen LogP contribution in [-0.4, -0.2) is 12.4 Å². The molecule has 0 spiro atoms. The molecule has 5 aliphatic rings. The van der Waals surface area contributed by atoms with E-state index >= 15 is 0 Å². The van der Waals surface area contributed by atoms with Crippen LogP contribution in [0, 0.1) is 0 Å². The fourth-order valence-electron chi connectivity index (χ4n) is 14.6. The third-order valence-corrected chi connectivity index (χ3v) is 20.4. The summed E-state index contributed by atoms with van der Waals surface area (Å²) in [5.74, 6) is 0. The predicted molar refractivity (Wildman–Crippen MR) is 307 cm³/mol. The van der Waals surface area contributed by atoms with E-state index in [1.807, 2.05) is 11.3 Å². The van der Waals surface area contributed by atoms with E-state index in [1.165, 1.54) is 141 Å². The summed E-state index contributed by atoms with van der Waals surface area (Å²) in [6.45, 7) is 29.3. The highest BCUT2D eigenvalue weighted by molar-refractivity contribution is 7.26. The highest BCUT2D eigenvalue weighted by atomic mass is 32.1. The zero-order valence-corrected chi connectivity index (χ0v) is 44.8. The summed E-state index contributed by atoms with van der Waals surface area (Å²) in [6.07, 6.45) is 7.18. The van der Waals surface area contributed by atoms with E-state index < -0.39 is 0 Å². The molecule has 2 aromatic heterocycles. The van der Waals surface area contributed by atoms with E-state index in [-0.39, 0.29) is 39.5 Å². The number of anilines is 4. The Balaban J connectivity index is 1.18. The summed E-state index contributed by atoms with van der Waals surface area (Å²) in [7, 11) is 0. The number of furan rings is 1. The van der Waals surface area contributed by atoms with Crippen molar-refractivity contribution in [3.63, 3.8) is 0 Å². The summed E-state index contributed by atoms with van der Waals surface area (Å²) in [5.41, 5.74) is 22.5. The van der Waals surface area contributed by atoms with Crippen molar-refractivity contribution in [3.05, 3.63) is 143 Å². The van der Waals surface area contributed by atoms with Gasteiger partial charge in [-0.15, -0.1) is 11.3 Å². The molecule has 3 nitrogen and oxygen atoms in total. The van der Waals surface area contributed by atoms with Crippen LogP contribution in [0.2, 0.25) is 0 Å². The average Bonchev–Trinajstić information content (AvgIpc) is 3.95. The maximum atomic E-state index is 7.29. The molecular weight excluding hydrogens is 880 g/mol. The molecule has 0 saturated heterocycles. The lowest BCUT2D eigenvalue weighted by Crippen LogP contribution is -2.70. The molecule has 0 amide bonds. The monoisotopic (exact) mass is 947 g/mol. The Morgan fingerprint density at radius 3 is 1.94 bits per heavy atom. The van der Waals surface area contributed by atoms with E-state index in [0.717, 1.165) is 17.6 Å². The Morgan fingerprint density at radius 1 is 0.535 bits per heavy atom. The highest BCUT2D eigenvalue weighted by Gasteiger charge is 2.63. The Labute approximate surface area is 425 Å². The van der Waals surface area contributed by atoms with Crippen molar-refractivity contribution >= 4 is 94.0 Å². The van der Waals surface area contributed by atoms with Gasteiger partial charge in [-0.25, -0.2) is 0 Å². The fraction of sp³-hybridized carbons (Fsp3) is 0.364. The number of hydrogen-bond acceptors (Lipinski definition) is 4. The lowest BCUT2D eigenvalue weighted by atomic mass is 9.42. The van der Waals surface area contributed by atoms with Crippen LogP contribution in [0.25, 0.3) is 64.4 Å². The zero-order chi connectivity index (χ0) is 49.1. The van der Waals surface area contributed by atoms with Crippen LogP contribution in [0.15, 0.2) is 120 Å². The molecule has 5 heteroatoms. The molecule has 7 aromatic carbocycles. The topological polar surface area (TPSA) is 19.6 Å². The molecule has 71 heavy (non-hydrogen) atoms. The van der Waals surface area contributed by atoms with Crippen LogP contribution in [0.4, 0.5) is 22.7 Å². The first-order chi connectivity index (χ1) is 33.7. The van der Waals surface area contributed by atoms with Gasteiger partial charge in [-0.3, -0.25) is 0 Å². The first-order valence-electron chi connectivity index (χ1n) is 26.7. The summed E-state index contributed by atoms with van der Waals surface area (Å²) < 4.78 is 9.99. The van der Waals surface area contributed by atoms with Gasteiger partial charge in [0, 0.05) is 59.7 Å². The van der Waals surface area contributed by atoms with Crippen LogP contribution < -0.4 is 20.6 Å². The van der Waals surface area contributed by atoms with E-state index in [4.69, 9.17) is 4.42 Å². The summed E-state index contributed by atoms with van der Waals surface area (Å²) in [4.78, 5) is 5.75. The second-order valence-electron chi connectivity index (χ2n) is 26.3. The molecule has 356 valence electrons. The van der Waals surface area contributed by atoms with E-state index in [1.54, 1.807) is 5.56 Å². The number of nitrogens with zero attached hydrogens (tertiary/aromatic N) is 2. The summed E-state index contributed by atoms with van der Waals surface area (Å²) in [5, 5.41) is 5.11. The Kier molecular flexibility index (Phi) is 8.69. The quantitative estimate of drug-likeness (QED) is 0.161. The predicted octanol–water partition coefficient (Wildman–Crippen LogP) is 17.5. The minimum absolute atomic E-state index is 0.0222. The second kappa shape index (κ2) is 14.0. The van der Waals surface area contributed by atoms with Crippen molar-refractivity contribution in [2.24, 2.45) is 0 Å². The van der Waals surface area contributed by atoms with Gasteiger partial charge in [0.05, 0.1) is 16.1 Å². The van der Waals surface area contributed by atoms with Crippen LogP contribution in [-0.2, 0) is 27.1 Å². The van der Waals surface area contributed by atoms with Crippen LogP contribution >= 0.6 is 11.3 Å². The molecular formula is C66H67BN2OS. The number of rotatable bonds is 2. The van der Waals surface area contributed by atoms with Gasteiger partial charge in [0.1, 0.15) is 11.2 Å². The molecule has 2 atom stereocenters. The normalized spacial score (nSPS) is 21.7. The largest absolute Gasteiger partial charge is 0.456 e. The molecule has 0 bridgehead atoms. The van der Waals surface area contributed by atoms with Gasteiger partial charge in [-0.1, -0.05) is 150 Å². The third-order valence-electron chi connectivity index (χ3n) is 19.2. The van der Waals surface area contributed by atoms with Crippen molar-refractivity contribution in [3.8, 4) is 22.3 Å². The second-order valence-corrected chi connectivity index (χ2v) is 27.3. The molecule has 5 heterocycles. The van der Waals surface area contributed by atoms with Gasteiger partial charge in [0.25, 0.3) is 0 Å². The molecule has 2 unspecified atom stereocenters. The number of fused-ring (bicyclic) bond motifs is 15. The minimum atomic E-state index is -0.115. The van der Waals surface area contributed by atoms with Crippen LogP contribution in [0.3, 0.4) is 0 Å². The maximum absolute atomic E-state index is 7.29. The van der Waals surface area contributed by atoms with Crippen molar-refractivity contribution < 1.29 is 4.42 Å². The minimum Gasteiger partial charge on any atom is -0.456 e. The van der Waals surface area contributed by atoms with Gasteiger partial charge in [-0.05, 0) is 159 Å². The summed E-state index contributed by atoms with van der Waals surface area (Å²) in [6, 6.07) is 45.7. The third kappa shape index (κ3) is 5.79. The van der Waals surface area contributed by atoms with Gasteiger partial charge in [0.2, 0.25) is 0 Å². The molecule has 14 rings (SSSR count). The van der Waals surface area contributed by atoms with Crippen LogP contribution in [0.5, 0.6) is 0 Å². The van der Waals surface area contributed by atoms with Gasteiger partial charge >= 0.3 is 6.85 Å². The molecule has 0 N–H and O–H groups in total. The summed E-state index contributed by atoms with van der Waals surface area (Å²) >= 11 is 1.98. The Morgan fingerprint density at radius 2 is 1.20 bits per heavy atom. The molecule has 1 fully saturated rings. The van der Waals surface area contributed by atoms with Crippen molar-refractivity contribution in [1.82, 2.24) is 0 Å². The molecule has 9 aromatic rings. The van der Waals surface area contributed by atoms with Gasteiger partial charge in [-0.2, -0.15) is 0 Å². The van der Waals surface area contributed by atoms with E-state index in [2.05, 4.69) is 208 Å². The zero-order valence-electron chi connectivity index (χ0n) is 44.0. The number of benzene rings is 7. The van der Waals surface area contributed by atoms with Crippen molar-refractivity contribution in [1.29, 1.82) is 0 Å². The highest BCUT2D eigenvalue weighted by Crippen LogP contribution is 2.65. The lowest BCUT2D eigenvalue weighted by molar-refractivity contribution is 0.199. The standard InChI is InChI=1S/C66H67BN2OS/c1-61(2,3)39-24-25-52(42(30-39)38-20-14-13-15-21-38)68-53-35-44-43-34-48-49(64(9,10)29-28-63(48,7)8)36-54(43)70-55(44)37-51(53)67-57-45(33-47-41-22-16-17-23-56(41)71-60(47)59(57)68)46-31-40(62(4,5)6)32-50-58(46)69(67)66(12)27-19-18-26-65(50,66)11/h13-17,20-25,30-37H,18-19,26-29H2,1-12H3. The molecule has 2 aliphatic carbocycles. The Hall–Kier alpha value is -5.78.